The van der Waals surface area contributed by atoms with E-state index in [0.29, 0.717) is 11.2 Å². The molecule has 0 bridgehead atoms. The Bertz CT molecular complexity index is 542. The number of rotatable bonds is 4. The molecule has 2 aromatic rings. The highest BCUT2D eigenvalue weighted by Crippen LogP contribution is 2.38. The molecule has 0 spiro atoms. The molecule has 0 N–H and O–H groups in total. The lowest BCUT2D eigenvalue weighted by molar-refractivity contribution is 0.112. The van der Waals surface area contributed by atoms with Gasteiger partial charge < -0.3 is 4.74 Å². The monoisotopic (exact) mass is 285 g/mol. The molecular weight excluding hydrogens is 278 g/mol. The molecule has 0 fully saturated rings. The van der Waals surface area contributed by atoms with Crippen molar-refractivity contribution in [3.05, 3.63) is 34.3 Å². The van der Waals surface area contributed by atoms with E-state index < -0.39 is 0 Å². The van der Waals surface area contributed by atoms with Crippen molar-refractivity contribution in [3.63, 3.8) is 0 Å². The molecule has 1 aromatic heterocycles. The maximum atomic E-state index is 10.7. The van der Waals surface area contributed by atoms with Gasteiger partial charge in [-0.1, -0.05) is 35.5 Å². The summed E-state index contributed by atoms with van der Waals surface area (Å²) in [6, 6.07) is 7.62. The SMILES string of the molecule is COc1ccccc1Sc1nc(Cl)c(C=O)s1. The van der Waals surface area contributed by atoms with Crippen molar-refractivity contribution < 1.29 is 9.53 Å². The van der Waals surface area contributed by atoms with E-state index in [0.717, 1.165) is 15.0 Å². The standard InChI is InChI=1S/C11H8ClNO2S2/c1-15-7-4-2-3-5-8(7)16-11-13-10(12)9(6-14)17-11/h2-6H,1H3. The molecule has 0 atom stereocenters. The largest absolute Gasteiger partial charge is 0.496 e. The molecule has 0 amide bonds. The third-order valence-electron chi connectivity index (χ3n) is 1.96. The number of carbonyl (C=O) groups excluding carboxylic acids is 1. The van der Waals surface area contributed by atoms with Crippen LogP contribution in [0.1, 0.15) is 9.67 Å². The zero-order valence-corrected chi connectivity index (χ0v) is 11.2. The molecule has 0 aliphatic rings. The molecule has 2 rings (SSSR count). The van der Waals surface area contributed by atoms with Gasteiger partial charge >= 0.3 is 0 Å². The minimum atomic E-state index is 0.252. The van der Waals surface area contributed by atoms with E-state index >= 15 is 0 Å². The van der Waals surface area contributed by atoms with E-state index in [-0.39, 0.29) is 5.15 Å². The summed E-state index contributed by atoms with van der Waals surface area (Å²) in [5.41, 5.74) is 0. The Hall–Kier alpha value is -1.04. The number of thiazole rings is 1. The topological polar surface area (TPSA) is 39.2 Å². The summed E-state index contributed by atoms with van der Waals surface area (Å²) in [6.45, 7) is 0. The van der Waals surface area contributed by atoms with Crippen molar-refractivity contribution in [1.29, 1.82) is 0 Å². The van der Waals surface area contributed by atoms with E-state index in [9.17, 15) is 4.79 Å². The molecule has 1 heterocycles. The number of halogens is 1. The highest BCUT2D eigenvalue weighted by atomic mass is 35.5. The molecule has 88 valence electrons. The minimum absolute atomic E-state index is 0.252. The first-order valence-corrected chi connectivity index (χ1v) is 6.68. The van der Waals surface area contributed by atoms with Crippen LogP contribution in [0.4, 0.5) is 0 Å². The predicted octanol–water partition coefficient (Wildman–Crippen LogP) is 3.77. The van der Waals surface area contributed by atoms with E-state index in [4.69, 9.17) is 16.3 Å². The smallest absolute Gasteiger partial charge is 0.163 e. The Morgan fingerprint density at radius 3 is 2.88 bits per heavy atom. The van der Waals surface area contributed by atoms with Crippen LogP contribution in [-0.4, -0.2) is 18.4 Å². The second-order valence-electron chi connectivity index (χ2n) is 3.01. The third-order valence-corrected chi connectivity index (χ3v) is 4.46. The molecule has 3 nitrogen and oxygen atoms in total. The van der Waals surface area contributed by atoms with Crippen molar-refractivity contribution in [3.8, 4) is 5.75 Å². The molecule has 0 saturated carbocycles. The first-order chi connectivity index (χ1) is 8.24. The Balaban J connectivity index is 2.28. The van der Waals surface area contributed by atoms with Crippen LogP contribution in [0.3, 0.4) is 0 Å². The zero-order valence-electron chi connectivity index (χ0n) is 8.84. The number of para-hydroxylation sites is 1. The molecule has 0 unspecified atom stereocenters. The highest BCUT2D eigenvalue weighted by molar-refractivity contribution is 8.01. The van der Waals surface area contributed by atoms with Crippen molar-refractivity contribution in [1.82, 2.24) is 4.98 Å². The predicted molar refractivity (Wildman–Crippen MR) is 69.6 cm³/mol. The first kappa shape index (κ1) is 12.4. The van der Waals surface area contributed by atoms with E-state index in [1.165, 1.54) is 23.1 Å². The van der Waals surface area contributed by atoms with Crippen molar-refractivity contribution in [2.45, 2.75) is 9.24 Å². The van der Waals surface area contributed by atoms with E-state index in [2.05, 4.69) is 4.98 Å². The molecule has 17 heavy (non-hydrogen) atoms. The van der Waals surface area contributed by atoms with Crippen LogP contribution in [-0.2, 0) is 0 Å². The van der Waals surface area contributed by atoms with Crippen LogP contribution in [0.25, 0.3) is 0 Å². The van der Waals surface area contributed by atoms with Gasteiger partial charge in [-0.15, -0.1) is 11.3 Å². The fourth-order valence-corrected chi connectivity index (χ4v) is 3.48. The Morgan fingerprint density at radius 1 is 1.47 bits per heavy atom. The lowest BCUT2D eigenvalue weighted by Gasteiger charge is -2.04. The van der Waals surface area contributed by atoms with Gasteiger partial charge in [-0.3, -0.25) is 4.79 Å². The summed E-state index contributed by atoms with van der Waals surface area (Å²) >= 11 is 8.51. The number of nitrogens with zero attached hydrogens (tertiary/aromatic N) is 1. The number of methoxy groups -OCH3 is 1. The van der Waals surface area contributed by atoms with Crippen LogP contribution in [0.5, 0.6) is 5.75 Å². The first-order valence-electron chi connectivity index (χ1n) is 4.67. The van der Waals surface area contributed by atoms with Crippen molar-refractivity contribution in [2.75, 3.05) is 7.11 Å². The molecule has 0 aliphatic heterocycles. The number of hydrogen-bond donors (Lipinski definition) is 0. The number of benzene rings is 1. The van der Waals surface area contributed by atoms with E-state index in [1.807, 2.05) is 24.3 Å². The molecular formula is C11H8ClNO2S2. The maximum absolute atomic E-state index is 10.7. The quantitative estimate of drug-likeness (QED) is 0.802. The summed E-state index contributed by atoms with van der Waals surface area (Å²) in [6.07, 6.45) is 0.715. The minimum Gasteiger partial charge on any atom is -0.496 e. The lowest BCUT2D eigenvalue weighted by atomic mass is 10.3. The molecule has 0 aliphatic carbocycles. The zero-order chi connectivity index (χ0) is 12.3. The van der Waals surface area contributed by atoms with E-state index in [1.54, 1.807) is 7.11 Å². The van der Waals surface area contributed by atoms with Gasteiger partial charge in [0, 0.05) is 0 Å². The molecule has 1 aromatic carbocycles. The summed E-state index contributed by atoms with van der Waals surface area (Å²) in [5, 5.41) is 0.252. The molecule has 0 saturated heterocycles. The van der Waals surface area contributed by atoms with Crippen molar-refractivity contribution >= 4 is 41.0 Å². The van der Waals surface area contributed by atoms with Crippen LogP contribution >= 0.6 is 34.7 Å². The Kier molecular flexibility index (Phi) is 4.04. The Morgan fingerprint density at radius 2 is 2.24 bits per heavy atom. The third kappa shape index (κ3) is 2.80. The molecule has 0 radical (unpaired) electrons. The number of aromatic nitrogens is 1. The fraction of sp³-hybridized carbons (Fsp3) is 0.0909. The maximum Gasteiger partial charge on any atom is 0.163 e. The van der Waals surface area contributed by atoms with Gasteiger partial charge in [0.1, 0.15) is 10.6 Å². The Labute approximate surface area is 112 Å². The van der Waals surface area contributed by atoms with Crippen LogP contribution in [0.2, 0.25) is 5.15 Å². The van der Waals surface area contributed by atoms with Gasteiger partial charge in [-0.2, -0.15) is 0 Å². The number of hydrogen-bond acceptors (Lipinski definition) is 5. The normalized spacial score (nSPS) is 10.2. The van der Waals surface area contributed by atoms with Gasteiger partial charge in [-0.05, 0) is 12.1 Å². The number of aldehydes is 1. The molecule has 6 heteroatoms. The summed E-state index contributed by atoms with van der Waals surface area (Å²) in [7, 11) is 1.62. The highest BCUT2D eigenvalue weighted by Gasteiger charge is 2.11. The second kappa shape index (κ2) is 5.53. The second-order valence-corrected chi connectivity index (χ2v) is 5.68. The van der Waals surface area contributed by atoms with Crippen LogP contribution in [0.15, 0.2) is 33.5 Å². The van der Waals surface area contributed by atoms with Gasteiger partial charge in [0.15, 0.2) is 15.8 Å². The van der Waals surface area contributed by atoms with Gasteiger partial charge in [0.05, 0.1) is 12.0 Å². The fourth-order valence-electron chi connectivity index (χ4n) is 1.21. The number of ether oxygens (including phenoxy) is 1. The average Bonchev–Trinajstić information content (AvgIpc) is 2.70. The lowest BCUT2D eigenvalue weighted by Crippen LogP contribution is -1.84. The summed E-state index contributed by atoms with van der Waals surface area (Å²) in [5.74, 6) is 0.775. The van der Waals surface area contributed by atoms with Crippen LogP contribution in [0, 0.1) is 0 Å². The number of carbonyl (C=O) groups is 1. The van der Waals surface area contributed by atoms with Crippen LogP contribution < -0.4 is 4.74 Å². The van der Waals surface area contributed by atoms with Gasteiger partial charge in [0.25, 0.3) is 0 Å². The average molecular weight is 286 g/mol. The summed E-state index contributed by atoms with van der Waals surface area (Å²) < 4.78 is 5.96. The van der Waals surface area contributed by atoms with Gasteiger partial charge in [0.2, 0.25) is 0 Å². The summed E-state index contributed by atoms with van der Waals surface area (Å²) in [4.78, 5) is 16.2. The van der Waals surface area contributed by atoms with Crippen molar-refractivity contribution in [2.24, 2.45) is 0 Å². The van der Waals surface area contributed by atoms with Gasteiger partial charge in [-0.25, -0.2) is 4.98 Å².